The van der Waals surface area contributed by atoms with E-state index in [1.165, 1.54) is 0 Å². The highest BCUT2D eigenvalue weighted by molar-refractivity contribution is 5.80. The zero-order valence-electron chi connectivity index (χ0n) is 12.8. The Labute approximate surface area is 126 Å². The van der Waals surface area contributed by atoms with Crippen molar-refractivity contribution in [3.8, 4) is 0 Å². The van der Waals surface area contributed by atoms with Gasteiger partial charge in [-0.25, -0.2) is 0 Å². The van der Waals surface area contributed by atoms with Crippen LogP contribution in [-0.4, -0.2) is 17.0 Å². The van der Waals surface area contributed by atoms with Crippen LogP contribution in [0.2, 0.25) is 0 Å². The lowest BCUT2D eigenvalue weighted by molar-refractivity contribution is -0.138. The fourth-order valence-electron chi connectivity index (χ4n) is 2.51. The zero-order chi connectivity index (χ0) is 15.7. The van der Waals surface area contributed by atoms with E-state index in [2.05, 4.69) is 19.2 Å². The van der Waals surface area contributed by atoms with E-state index in [1.54, 1.807) is 0 Å². The molecule has 1 atom stereocenters. The van der Waals surface area contributed by atoms with Crippen molar-refractivity contribution in [3.63, 3.8) is 0 Å². The number of carboxylic acid groups (broad SMARTS) is 1. The van der Waals surface area contributed by atoms with Crippen LogP contribution in [0.5, 0.6) is 0 Å². The Morgan fingerprint density at radius 1 is 1.10 bits per heavy atom. The second-order valence-electron chi connectivity index (χ2n) is 5.34. The van der Waals surface area contributed by atoms with Crippen LogP contribution in [0, 0.1) is 5.92 Å². The molecule has 4 nitrogen and oxygen atoms in total. The molecule has 0 saturated heterocycles. The highest BCUT2D eigenvalue weighted by atomic mass is 16.4. The van der Waals surface area contributed by atoms with Crippen LogP contribution in [0.15, 0.2) is 30.3 Å². The molecular weight excluding hydrogens is 266 g/mol. The van der Waals surface area contributed by atoms with Gasteiger partial charge in [0.25, 0.3) is 0 Å². The van der Waals surface area contributed by atoms with Crippen molar-refractivity contribution in [2.24, 2.45) is 5.92 Å². The predicted octanol–water partition coefficient (Wildman–Crippen LogP) is 3.54. The summed E-state index contributed by atoms with van der Waals surface area (Å²) in [6, 6.07) is 8.82. The molecule has 1 rings (SSSR count). The van der Waals surface area contributed by atoms with E-state index in [1.807, 2.05) is 30.3 Å². The Balaban J connectivity index is 2.80. The summed E-state index contributed by atoms with van der Waals surface area (Å²) < 4.78 is 0. The number of hydrogen-bond acceptors (Lipinski definition) is 2. The van der Waals surface area contributed by atoms with E-state index in [0.717, 1.165) is 31.2 Å². The van der Waals surface area contributed by atoms with E-state index in [0.29, 0.717) is 0 Å². The maximum absolute atomic E-state index is 12.4. The molecule has 1 unspecified atom stereocenters. The standard InChI is InChI=1S/C17H25NO3/c1-3-8-14(9-4-2)17(21)18-15(12-16(19)20)13-10-6-5-7-11-13/h5-7,10-11,14-15H,3-4,8-9,12H2,1-2H3,(H,18,21)(H,19,20). The van der Waals surface area contributed by atoms with Crippen LogP contribution in [0.3, 0.4) is 0 Å². The molecule has 21 heavy (non-hydrogen) atoms. The number of carbonyl (C=O) groups is 2. The van der Waals surface area contributed by atoms with Gasteiger partial charge in [0, 0.05) is 5.92 Å². The molecule has 1 amide bonds. The number of amides is 1. The predicted molar refractivity (Wildman–Crippen MR) is 82.9 cm³/mol. The third kappa shape index (κ3) is 5.98. The van der Waals surface area contributed by atoms with Crippen LogP contribution < -0.4 is 5.32 Å². The molecule has 0 heterocycles. The van der Waals surface area contributed by atoms with E-state index in [-0.39, 0.29) is 18.2 Å². The molecule has 4 heteroatoms. The first-order valence-electron chi connectivity index (χ1n) is 7.65. The van der Waals surface area contributed by atoms with Gasteiger partial charge >= 0.3 is 5.97 Å². The second kappa shape index (κ2) is 9.16. The van der Waals surface area contributed by atoms with Crippen molar-refractivity contribution in [3.05, 3.63) is 35.9 Å². The van der Waals surface area contributed by atoms with Gasteiger partial charge in [0.15, 0.2) is 0 Å². The van der Waals surface area contributed by atoms with Gasteiger partial charge in [-0.2, -0.15) is 0 Å². The van der Waals surface area contributed by atoms with Crippen LogP contribution in [-0.2, 0) is 9.59 Å². The minimum Gasteiger partial charge on any atom is -0.481 e. The van der Waals surface area contributed by atoms with Crippen molar-refractivity contribution < 1.29 is 14.7 Å². The molecule has 0 saturated carbocycles. The summed E-state index contributed by atoms with van der Waals surface area (Å²) in [5.74, 6) is -0.972. The van der Waals surface area contributed by atoms with Crippen molar-refractivity contribution in [1.82, 2.24) is 5.32 Å². The number of benzene rings is 1. The number of carboxylic acids is 1. The van der Waals surface area contributed by atoms with Gasteiger partial charge in [-0.1, -0.05) is 57.0 Å². The number of carbonyl (C=O) groups excluding carboxylic acids is 1. The first-order chi connectivity index (χ1) is 10.1. The van der Waals surface area contributed by atoms with Gasteiger partial charge in [0.05, 0.1) is 12.5 Å². The van der Waals surface area contributed by atoms with E-state index in [9.17, 15) is 9.59 Å². The van der Waals surface area contributed by atoms with Gasteiger partial charge in [-0.15, -0.1) is 0 Å². The Bertz CT molecular complexity index is 439. The fraction of sp³-hybridized carbons (Fsp3) is 0.529. The largest absolute Gasteiger partial charge is 0.481 e. The number of rotatable bonds is 9. The molecule has 0 aliphatic carbocycles. The summed E-state index contributed by atoms with van der Waals surface area (Å²) in [6.45, 7) is 4.11. The third-order valence-corrected chi connectivity index (χ3v) is 3.54. The molecule has 0 radical (unpaired) electrons. The molecule has 0 spiro atoms. The molecular formula is C17H25NO3. The maximum atomic E-state index is 12.4. The van der Waals surface area contributed by atoms with Gasteiger partial charge < -0.3 is 10.4 Å². The molecule has 2 N–H and O–H groups in total. The average Bonchev–Trinajstić information content (AvgIpc) is 2.46. The summed E-state index contributed by atoms with van der Waals surface area (Å²) in [4.78, 5) is 23.4. The van der Waals surface area contributed by atoms with Gasteiger partial charge in [-0.05, 0) is 18.4 Å². The normalized spacial score (nSPS) is 12.1. The molecule has 1 aromatic rings. The molecule has 0 aliphatic heterocycles. The van der Waals surface area contributed by atoms with Crippen molar-refractivity contribution in [2.75, 3.05) is 0 Å². The Morgan fingerprint density at radius 3 is 2.14 bits per heavy atom. The molecule has 116 valence electrons. The first kappa shape index (κ1) is 17.2. The van der Waals surface area contributed by atoms with Crippen molar-refractivity contribution in [2.45, 2.75) is 52.0 Å². The van der Waals surface area contributed by atoms with Crippen molar-refractivity contribution in [1.29, 1.82) is 0 Å². The lowest BCUT2D eigenvalue weighted by atomic mass is 9.95. The van der Waals surface area contributed by atoms with Crippen LogP contribution in [0.4, 0.5) is 0 Å². The summed E-state index contributed by atoms with van der Waals surface area (Å²) >= 11 is 0. The highest BCUT2D eigenvalue weighted by Gasteiger charge is 2.22. The molecule has 1 aromatic carbocycles. The maximum Gasteiger partial charge on any atom is 0.305 e. The molecule has 0 aromatic heterocycles. The minimum atomic E-state index is -0.910. The molecule has 0 bridgehead atoms. The second-order valence-corrected chi connectivity index (χ2v) is 5.34. The molecule has 0 aliphatic rings. The van der Waals surface area contributed by atoms with E-state index < -0.39 is 12.0 Å². The Morgan fingerprint density at radius 2 is 1.67 bits per heavy atom. The van der Waals surface area contributed by atoms with Crippen LogP contribution >= 0.6 is 0 Å². The first-order valence-corrected chi connectivity index (χ1v) is 7.65. The summed E-state index contributed by atoms with van der Waals surface area (Å²) in [5.41, 5.74) is 0.833. The van der Waals surface area contributed by atoms with Gasteiger partial charge in [0.2, 0.25) is 5.91 Å². The monoisotopic (exact) mass is 291 g/mol. The topological polar surface area (TPSA) is 66.4 Å². The minimum absolute atomic E-state index is 0.0278. The van der Waals surface area contributed by atoms with Crippen LogP contribution in [0.1, 0.15) is 57.6 Å². The lowest BCUT2D eigenvalue weighted by Crippen LogP contribution is -2.35. The summed E-state index contributed by atoms with van der Waals surface area (Å²) in [6.07, 6.45) is 3.49. The Kier molecular flexibility index (Phi) is 7.51. The van der Waals surface area contributed by atoms with E-state index >= 15 is 0 Å². The summed E-state index contributed by atoms with van der Waals surface area (Å²) in [7, 11) is 0. The zero-order valence-corrected chi connectivity index (χ0v) is 12.8. The fourth-order valence-corrected chi connectivity index (χ4v) is 2.51. The van der Waals surface area contributed by atoms with E-state index in [4.69, 9.17) is 5.11 Å². The number of nitrogens with one attached hydrogen (secondary N) is 1. The number of hydrogen-bond donors (Lipinski definition) is 2. The summed E-state index contributed by atoms with van der Waals surface area (Å²) in [5, 5.41) is 12.0. The third-order valence-electron chi connectivity index (χ3n) is 3.54. The SMILES string of the molecule is CCCC(CCC)C(=O)NC(CC(=O)O)c1ccccc1. The highest BCUT2D eigenvalue weighted by Crippen LogP contribution is 2.20. The quantitative estimate of drug-likeness (QED) is 0.731. The van der Waals surface area contributed by atoms with Crippen LogP contribution in [0.25, 0.3) is 0 Å². The smallest absolute Gasteiger partial charge is 0.305 e. The lowest BCUT2D eigenvalue weighted by Gasteiger charge is -2.21. The molecule has 0 fully saturated rings. The number of aliphatic carboxylic acids is 1. The van der Waals surface area contributed by atoms with Gasteiger partial charge in [0.1, 0.15) is 0 Å². The average molecular weight is 291 g/mol. The Hall–Kier alpha value is -1.84. The van der Waals surface area contributed by atoms with Crippen molar-refractivity contribution >= 4 is 11.9 Å². The van der Waals surface area contributed by atoms with Gasteiger partial charge in [-0.3, -0.25) is 9.59 Å².